The first-order chi connectivity index (χ1) is 17.7. The van der Waals surface area contributed by atoms with E-state index < -0.39 is 0 Å². The van der Waals surface area contributed by atoms with Gasteiger partial charge < -0.3 is 10.5 Å². The largest absolute Gasteiger partial charge is 0.457 e. The Balaban J connectivity index is 1.30. The van der Waals surface area contributed by atoms with Gasteiger partial charge in [0.2, 0.25) is 0 Å². The van der Waals surface area contributed by atoms with E-state index in [1.807, 2.05) is 54.6 Å². The monoisotopic (exact) mass is 476 g/mol. The number of fused-ring (bicyclic) bond motifs is 1. The lowest BCUT2D eigenvalue weighted by atomic mass is 10.0. The number of nitrogens with two attached hydrogens (primary N) is 1. The van der Waals surface area contributed by atoms with Crippen LogP contribution in [0, 0.1) is 0 Å². The lowest BCUT2D eigenvalue weighted by Crippen LogP contribution is -2.36. The molecule has 1 aliphatic rings. The first-order valence-electron chi connectivity index (χ1n) is 12.3. The molecule has 1 saturated heterocycles. The summed E-state index contributed by atoms with van der Waals surface area (Å²) in [5.41, 5.74) is 10.2. The molecule has 0 aliphatic carbocycles. The second-order valence-corrected chi connectivity index (χ2v) is 9.21. The van der Waals surface area contributed by atoms with Crippen LogP contribution in [-0.2, 0) is 6.54 Å². The highest BCUT2D eigenvalue weighted by molar-refractivity contribution is 5.98. The zero-order valence-corrected chi connectivity index (χ0v) is 20.0. The molecule has 2 aromatic heterocycles. The second kappa shape index (κ2) is 9.79. The molecule has 1 aliphatic heterocycles. The molecule has 1 atom stereocenters. The van der Waals surface area contributed by atoms with Crippen molar-refractivity contribution in [1.29, 1.82) is 0 Å². The van der Waals surface area contributed by atoms with Crippen molar-refractivity contribution in [2.75, 3.05) is 18.8 Å². The Labute approximate surface area is 210 Å². The average Bonchev–Trinajstić information content (AvgIpc) is 3.32. The van der Waals surface area contributed by atoms with E-state index in [-0.39, 0.29) is 6.04 Å². The number of hydrogen-bond donors (Lipinski definition) is 1. The summed E-state index contributed by atoms with van der Waals surface area (Å²) in [6.45, 7) is 2.93. The number of benzene rings is 3. The van der Waals surface area contributed by atoms with Gasteiger partial charge in [-0.05, 0) is 61.3 Å². The lowest BCUT2D eigenvalue weighted by molar-refractivity contribution is 0.165. The average molecular weight is 477 g/mol. The molecule has 7 nitrogen and oxygen atoms in total. The Bertz CT molecular complexity index is 1450. The normalized spacial score (nSPS) is 16.3. The summed E-state index contributed by atoms with van der Waals surface area (Å²) in [7, 11) is 0. The SMILES string of the molecule is Nc1ncnc2c1c(-c1ccc(Oc3ccccc3)cc1)nn2[C@@H]1CCCN(Cc2ccccc2)C1. The van der Waals surface area contributed by atoms with Crippen LogP contribution in [0.25, 0.3) is 22.3 Å². The van der Waals surface area contributed by atoms with Crippen molar-refractivity contribution < 1.29 is 4.74 Å². The van der Waals surface area contributed by atoms with Crippen molar-refractivity contribution in [3.63, 3.8) is 0 Å². The number of anilines is 1. The molecule has 0 spiro atoms. The summed E-state index contributed by atoms with van der Waals surface area (Å²) in [5.74, 6) is 2.01. The predicted molar refractivity (Wildman–Crippen MR) is 142 cm³/mol. The van der Waals surface area contributed by atoms with Gasteiger partial charge >= 0.3 is 0 Å². The highest BCUT2D eigenvalue weighted by Crippen LogP contribution is 2.35. The standard InChI is InChI=1S/C29H28N6O/c30-28-26-27(22-13-15-25(16-14-22)36-24-11-5-2-6-12-24)33-35(29(26)32-20-31-28)23-10-7-17-34(19-23)18-21-8-3-1-4-9-21/h1-6,8-9,11-16,20,23H,7,10,17-19H2,(H2,30,31,32)/t23-/m1/s1. The zero-order chi connectivity index (χ0) is 24.3. The third-order valence-electron chi connectivity index (χ3n) is 6.70. The number of likely N-dealkylation sites (tertiary alicyclic amines) is 1. The minimum Gasteiger partial charge on any atom is -0.457 e. The Kier molecular flexibility index (Phi) is 6.05. The number of para-hydroxylation sites is 1. The minimum atomic E-state index is 0.216. The fourth-order valence-corrected chi connectivity index (χ4v) is 4.97. The van der Waals surface area contributed by atoms with Crippen LogP contribution >= 0.6 is 0 Å². The summed E-state index contributed by atoms with van der Waals surface area (Å²) in [4.78, 5) is 11.4. The molecule has 0 saturated carbocycles. The van der Waals surface area contributed by atoms with Crippen molar-refractivity contribution in [3.8, 4) is 22.8 Å². The number of piperidine rings is 1. The number of ether oxygens (including phenoxy) is 1. The molecular weight excluding hydrogens is 448 g/mol. The van der Waals surface area contributed by atoms with Gasteiger partial charge in [-0.25, -0.2) is 14.6 Å². The molecule has 0 amide bonds. The van der Waals surface area contributed by atoms with Crippen LogP contribution in [0.4, 0.5) is 5.82 Å². The smallest absolute Gasteiger partial charge is 0.164 e. The molecule has 7 heteroatoms. The summed E-state index contributed by atoms with van der Waals surface area (Å²) in [6, 6.07) is 28.5. The van der Waals surface area contributed by atoms with Gasteiger partial charge in [-0.3, -0.25) is 4.90 Å². The third kappa shape index (κ3) is 4.53. The topological polar surface area (TPSA) is 82.1 Å². The number of nitrogens with zero attached hydrogens (tertiary/aromatic N) is 5. The Hall–Kier alpha value is -4.23. The van der Waals surface area contributed by atoms with Crippen LogP contribution in [-0.4, -0.2) is 37.7 Å². The van der Waals surface area contributed by atoms with E-state index in [9.17, 15) is 0 Å². The summed E-state index contributed by atoms with van der Waals surface area (Å²) in [6.07, 6.45) is 3.69. The number of nitrogen functional groups attached to an aromatic ring is 1. The lowest BCUT2D eigenvalue weighted by Gasteiger charge is -2.33. The Morgan fingerprint density at radius 2 is 1.58 bits per heavy atom. The van der Waals surface area contributed by atoms with Gasteiger partial charge in [-0.15, -0.1) is 0 Å². The first-order valence-corrected chi connectivity index (χ1v) is 12.3. The number of rotatable bonds is 6. The van der Waals surface area contributed by atoms with Gasteiger partial charge in [0.25, 0.3) is 0 Å². The van der Waals surface area contributed by atoms with Gasteiger partial charge in [0.15, 0.2) is 5.65 Å². The zero-order valence-electron chi connectivity index (χ0n) is 20.0. The molecule has 0 bridgehead atoms. The van der Waals surface area contributed by atoms with Crippen LogP contribution in [0.15, 0.2) is 91.3 Å². The summed E-state index contributed by atoms with van der Waals surface area (Å²) >= 11 is 0. The fraction of sp³-hybridized carbons (Fsp3) is 0.207. The van der Waals surface area contributed by atoms with E-state index in [4.69, 9.17) is 15.6 Å². The molecule has 36 heavy (non-hydrogen) atoms. The maximum atomic E-state index is 6.36. The fourth-order valence-electron chi connectivity index (χ4n) is 4.97. The van der Waals surface area contributed by atoms with Gasteiger partial charge in [-0.1, -0.05) is 48.5 Å². The second-order valence-electron chi connectivity index (χ2n) is 9.21. The van der Waals surface area contributed by atoms with Crippen molar-refractivity contribution in [2.24, 2.45) is 0 Å². The van der Waals surface area contributed by atoms with Gasteiger partial charge in [-0.2, -0.15) is 5.10 Å². The van der Waals surface area contributed by atoms with Crippen LogP contribution in [0.1, 0.15) is 24.4 Å². The van der Waals surface area contributed by atoms with E-state index in [0.29, 0.717) is 5.82 Å². The number of hydrogen-bond acceptors (Lipinski definition) is 6. The van der Waals surface area contributed by atoms with E-state index in [1.165, 1.54) is 11.9 Å². The molecule has 5 aromatic rings. The maximum Gasteiger partial charge on any atom is 0.164 e. The molecule has 0 radical (unpaired) electrons. The van der Waals surface area contributed by atoms with Crippen LogP contribution in [0.3, 0.4) is 0 Å². The van der Waals surface area contributed by atoms with Crippen LogP contribution < -0.4 is 10.5 Å². The quantitative estimate of drug-likeness (QED) is 0.338. The number of aromatic nitrogens is 4. The van der Waals surface area contributed by atoms with Crippen molar-refractivity contribution >= 4 is 16.9 Å². The third-order valence-corrected chi connectivity index (χ3v) is 6.70. The molecule has 3 heterocycles. The molecule has 3 aromatic carbocycles. The molecular formula is C29H28N6O. The van der Waals surface area contributed by atoms with Gasteiger partial charge in [0.1, 0.15) is 29.3 Å². The molecule has 1 fully saturated rings. The van der Waals surface area contributed by atoms with Crippen molar-refractivity contribution in [1.82, 2.24) is 24.6 Å². The molecule has 180 valence electrons. The van der Waals surface area contributed by atoms with Crippen LogP contribution in [0.2, 0.25) is 0 Å². The van der Waals surface area contributed by atoms with Crippen molar-refractivity contribution in [3.05, 3.63) is 96.8 Å². The van der Waals surface area contributed by atoms with Crippen molar-refractivity contribution in [2.45, 2.75) is 25.4 Å². The molecule has 6 rings (SSSR count). The van der Waals surface area contributed by atoms with E-state index >= 15 is 0 Å². The van der Waals surface area contributed by atoms with Gasteiger partial charge in [0, 0.05) is 18.7 Å². The Morgan fingerprint density at radius 3 is 2.36 bits per heavy atom. The highest BCUT2D eigenvalue weighted by atomic mass is 16.5. The summed E-state index contributed by atoms with van der Waals surface area (Å²) in [5, 5.41) is 5.87. The van der Waals surface area contributed by atoms with E-state index in [2.05, 4.69) is 49.9 Å². The first kappa shape index (κ1) is 22.2. The maximum absolute atomic E-state index is 6.36. The molecule has 0 unspecified atom stereocenters. The van der Waals surface area contributed by atoms with E-state index in [0.717, 1.165) is 66.3 Å². The highest BCUT2D eigenvalue weighted by Gasteiger charge is 2.26. The van der Waals surface area contributed by atoms with E-state index in [1.54, 1.807) is 0 Å². The molecule has 2 N–H and O–H groups in total. The predicted octanol–water partition coefficient (Wildman–Crippen LogP) is 5.70. The van der Waals surface area contributed by atoms with Gasteiger partial charge in [0.05, 0.1) is 11.4 Å². The van der Waals surface area contributed by atoms with Crippen LogP contribution in [0.5, 0.6) is 11.5 Å². The Morgan fingerprint density at radius 1 is 0.861 bits per heavy atom. The minimum absolute atomic E-state index is 0.216. The summed E-state index contributed by atoms with van der Waals surface area (Å²) < 4.78 is 8.02.